The fourth-order valence-electron chi connectivity index (χ4n) is 1.95. The molecule has 2 N–H and O–H groups in total. The lowest BCUT2D eigenvalue weighted by molar-refractivity contribution is 0.264. The third-order valence-electron chi connectivity index (χ3n) is 3.22. The molecule has 76 valence electrons. The van der Waals surface area contributed by atoms with E-state index in [1.807, 2.05) is 0 Å². The van der Waals surface area contributed by atoms with E-state index in [0.29, 0.717) is 0 Å². The third kappa shape index (κ3) is 1.86. The topological polar surface area (TPSA) is 26.0 Å². The largest absolute Gasteiger partial charge is 0.324 e. The van der Waals surface area contributed by atoms with E-state index in [-0.39, 0.29) is 6.04 Å². The van der Waals surface area contributed by atoms with Crippen LogP contribution >= 0.6 is 15.9 Å². The summed E-state index contributed by atoms with van der Waals surface area (Å²) in [7, 11) is 0. The molecule has 1 aliphatic rings. The molecule has 0 aliphatic heterocycles. The maximum atomic E-state index is 6.20. The molecule has 1 aromatic carbocycles. The molecule has 0 saturated heterocycles. The summed E-state index contributed by atoms with van der Waals surface area (Å²) >= 11 is 3.51. The van der Waals surface area contributed by atoms with Crippen molar-refractivity contribution in [2.45, 2.75) is 32.2 Å². The minimum atomic E-state index is 0.246. The zero-order valence-corrected chi connectivity index (χ0v) is 10.0. The van der Waals surface area contributed by atoms with E-state index in [1.165, 1.54) is 34.9 Å². The first kappa shape index (κ1) is 10.2. The maximum absolute atomic E-state index is 6.20. The smallest absolute Gasteiger partial charge is 0.0323 e. The number of aryl methyl sites for hydroxylation is 1. The predicted molar refractivity (Wildman–Crippen MR) is 63.1 cm³/mol. The van der Waals surface area contributed by atoms with Crippen molar-refractivity contribution < 1.29 is 0 Å². The molecule has 1 saturated carbocycles. The van der Waals surface area contributed by atoms with E-state index >= 15 is 0 Å². The fourth-order valence-corrected chi connectivity index (χ4v) is 2.19. The van der Waals surface area contributed by atoms with Gasteiger partial charge in [-0.2, -0.15) is 0 Å². The quantitative estimate of drug-likeness (QED) is 0.858. The van der Waals surface area contributed by atoms with Crippen LogP contribution in [0.5, 0.6) is 0 Å². The van der Waals surface area contributed by atoms with Crippen molar-refractivity contribution >= 4 is 15.9 Å². The van der Waals surface area contributed by atoms with Crippen LogP contribution in [-0.4, -0.2) is 0 Å². The van der Waals surface area contributed by atoms with Gasteiger partial charge in [-0.1, -0.05) is 34.5 Å². The molecule has 14 heavy (non-hydrogen) atoms. The first-order valence-corrected chi connectivity index (χ1v) is 5.99. The van der Waals surface area contributed by atoms with Crippen LogP contribution < -0.4 is 5.73 Å². The average molecular weight is 254 g/mol. The Hall–Kier alpha value is -0.340. The summed E-state index contributed by atoms with van der Waals surface area (Å²) in [5.74, 6) is 0.718. The molecule has 0 spiro atoms. The minimum Gasteiger partial charge on any atom is -0.324 e. The number of nitrogens with two attached hydrogens (primary N) is 1. The molecule has 1 aromatic rings. The summed E-state index contributed by atoms with van der Waals surface area (Å²) in [6.07, 6.45) is 3.96. The van der Waals surface area contributed by atoms with E-state index in [2.05, 4.69) is 41.1 Å². The molecule has 0 bridgehead atoms. The highest BCUT2D eigenvalue weighted by atomic mass is 79.9. The van der Waals surface area contributed by atoms with Gasteiger partial charge in [-0.3, -0.25) is 0 Å². The minimum absolute atomic E-state index is 0.246. The molecule has 1 atom stereocenters. The standard InChI is InChI=1S/C12H16BrN/c1-8-7-10(5-6-11(8)13)12(14)9-3-2-4-9/h5-7,9,12H,2-4,14H2,1H3. The summed E-state index contributed by atoms with van der Waals surface area (Å²) in [5, 5.41) is 0. The first-order chi connectivity index (χ1) is 6.68. The molecule has 1 fully saturated rings. The van der Waals surface area contributed by atoms with Crippen LogP contribution in [0.1, 0.15) is 36.4 Å². The van der Waals surface area contributed by atoms with Gasteiger partial charge in [0.2, 0.25) is 0 Å². The van der Waals surface area contributed by atoms with Crippen LogP contribution in [0.25, 0.3) is 0 Å². The number of rotatable bonds is 2. The van der Waals surface area contributed by atoms with Crippen molar-refractivity contribution in [2.75, 3.05) is 0 Å². The molecular formula is C12H16BrN. The SMILES string of the molecule is Cc1cc(C(N)C2CCC2)ccc1Br. The van der Waals surface area contributed by atoms with Crippen molar-refractivity contribution in [3.05, 3.63) is 33.8 Å². The van der Waals surface area contributed by atoms with E-state index in [9.17, 15) is 0 Å². The third-order valence-corrected chi connectivity index (χ3v) is 4.11. The predicted octanol–water partition coefficient (Wildman–Crippen LogP) is 3.56. The lowest BCUT2D eigenvalue weighted by atomic mass is 9.77. The maximum Gasteiger partial charge on any atom is 0.0323 e. The monoisotopic (exact) mass is 253 g/mol. The molecule has 2 heteroatoms. The fraction of sp³-hybridized carbons (Fsp3) is 0.500. The van der Waals surface area contributed by atoms with E-state index in [4.69, 9.17) is 5.73 Å². The van der Waals surface area contributed by atoms with Gasteiger partial charge in [0.1, 0.15) is 0 Å². The van der Waals surface area contributed by atoms with Crippen molar-refractivity contribution in [1.29, 1.82) is 0 Å². The Morgan fingerprint density at radius 1 is 1.43 bits per heavy atom. The van der Waals surface area contributed by atoms with Crippen LogP contribution in [0.4, 0.5) is 0 Å². The molecule has 1 aliphatic carbocycles. The molecule has 0 radical (unpaired) electrons. The highest BCUT2D eigenvalue weighted by Crippen LogP contribution is 2.36. The second-order valence-electron chi connectivity index (χ2n) is 4.23. The van der Waals surface area contributed by atoms with Crippen LogP contribution in [0.15, 0.2) is 22.7 Å². The van der Waals surface area contributed by atoms with Gasteiger partial charge in [0.25, 0.3) is 0 Å². The van der Waals surface area contributed by atoms with Gasteiger partial charge in [0.05, 0.1) is 0 Å². The Kier molecular flexibility index (Phi) is 2.93. The second-order valence-corrected chi connectivity index (χ2v) is 5.08. The Morgan fingerprint density at radius 3 is 2.64 bits per heavy atom. The first-order valence-electron chi connectivity index (χ1n) is 5.20. The van der Waals surface area contributed by atoms with Gasteiger partial charge in [-0.15, -0.1) is 0 Å². The molecule has 2 rings (SSSR count). The summed E-state index contributed by atoms with van der Waals surface area (Å²) in [5.41, 5.74) is 8.77. The highest BCUT2D eigenvalue weighted by molar-refractivity contribution is 9.10. The zero-order chi connectivity index (χ0) is 10.1. The number of hydrogen-bond acceptors (Lipinski definition) is 1. The Balaban J connectivity index is 2.18. The van der Waals surface area contributed by atoms with Gasteiger partial charge in [0, 0.05) is 10.5 Å². The van der Waals surface area contributed by atoms with Gasteiger partial charge >= 0.3 is 0 Å². The second kappa shape index (κ2) is 4.03. The van der Waals surface area contributed by atoms with Crippen LogP contribution in [0.3, 0.4) is 0 Å². The van der Waals surface area contributed by atoms with Crippen molar-refractivity contribution in [3.63, 3.8) is 0 Å². The highest BCUT2D eigenvalue weighted by Gasteiger charge is 2.25. The molecular weight excluding hydrogens is 238 g/mol. The Bertz CT molecular complexity index is 331. The van der Waals surface area contributed by atoms with Crippen LogP contribution in [0, 0.1) is 12.8 Å². The summed E-state index contributed by atoms with van der Waals surface area (Å²) < 4.78 is 1.17. The lowest BCUT2D eigenvalue weighted by Crippen LogP contribution is -2.26. The molecule has 0 heterocycles. The molecule has 1 nitrogen and oxygen atoms in total. The zero-order valence-electron chi connectivity index (χ0n) is 8.46. The van der Waals surface area contributed by atoms with Gasteiger partial charge in [-0.25, -0.2) is 0 Å². The van der Waals surface area contributed by atoms with Crippen molar-refractivity contribution in [2.24, 2.45) is 11.7 Å². The van der Waals surface area contributed by atoms with E-state index in [0.717, 1.165) is 5.92 Å². The van der Waals surface area contributed by atoms with Crippen molar-refractivity contribution in [3.8, 4) is 0 Å². The molecule has 0 amide bonds. The summed E-state index contributed by atoms with van der Waals surface area (Å²) in [6, 6.07) is 6.69. The van der Waals surface area contributed by atoms with Gasteiger partial charge in [0.15, 0.2) is 0 Å². The van der Waals surface area contributed by atoms with E-state index < -0.39 is 0 Å². The summed E-state index contributed by atoms with van der Waals surface area (Å²) in [4.78, 5) is 0. The number of hydrogen-bond donors (Lipinski definition) is 1. The van der Waals surface area contributed by atoms with Crippen LogP contribution in [0.2, 0.25) is 0 Å². The number of halogens is 1. The molecule has 1 unspecified atom stereocenters. The van der Waals surface area contributed by atoms with Crippen molar-refractivity contribution in [1.82, 2.24) is 0 Å². The summed E-state index contributed by atoms with van der Waals surface area (Å²) in [6.45, 7) is 2.11. The Labute approximate surface area is 93.8 Å². The van der Waals surface area contributed by atoms with Gasteiger partial charge in [-0.05, 0) is 42.9 Å². The van der Waals surface area contributed by atoms with Gasteiger partial charge < -0.3 is 5.73 Å². The van der Waals surface area contributed by atoms with E-state index in [1.54, 1.807) is 0 Å². The number of benzene rings is 1. The molecule has 0 aromatic heterocycles. The van der Waals surface area contributed by atoms with Crippen LogP contribution in [-0.2, 0) is 0 Å². The normalized spacial score (nSPS) is 19.1. The Morgan fingerprint density at radius 2 is 2.14 bits per heavy atom. The lowest BCUT2D eigenvalue weighted by Gasteiger charge is -2.31. The average Bonchev–Trinajstić information content (AvgIpc) is 2.06.